The average Bonchev–Trinajstić information content (AvgIpc) is 2.43. The fraction of sp³-hybridized carbons (Fsp3) is 0.286. The lowest BCUT2D eigenvalue weighted by molar-refractivity contribution is -0.154. The van der Waals surface area contributed by atoms with Crippen molar-refractivity contribution in [3.63, 3.8) is 0 Å². The van der Waals surface area contributed by atoms with Crippen LogP contribution in [0.3, 0.4) is 0 Å². The van der Waals surface area contributed by atoms with Crippen molar-refractivity contribution >= 4 is 5.82 Å². The summed E-state index contributed by atoms with van der Waals surface area (Å²) in [5.41, 5.74) is 1.38. The molecule has 0 spiro atoms. The van der Waals surface area contributed by atoms with Gasteiger partial charge in [-0.2, -0.15) is 13.2 Å². The largest absolute Gasteiger partial charge is 0.468 e. The predicted octanol–water partition coefficient (Wildman–Crippen LogP) is 3.34. The Hall–Kier alpha value is -2.31. The van der Waals surface area contributed by atoms with Crippen LogP contribution in [0.2, 0.25) is 0 Å². The Labute approximate surface area is 120 Å². The lowest BCUT2D eigenvalue weighted by Crippen LogP contribution is -2.20. The van der Waals surface area contributed by atoms with E-state index in [1.807, 2.05) is 19.1 Å². The summed E-state index contributed by atoms with van der Waals surface area (Å²) in [7, 11) is 0. The molecule has 0 fully saturated rings. The Balaban J connectivity index is 2.03. The van der Waals surface area contributed by atoms with Crippen LogP contribution in [0.25, 0.3) is 0 Å². The fourth-order valence-electron chi connectivity index (χ4n) is 1.67. The van der Waals surface area contributed by atoms with Gasteiger partial charge in [0.2, 0.25) is 5.88 Å². The van der Waals surface area contributed by atoms with Crippen LogP contribution in [0.1, 0.15) is 11.3 Å². The molecule has 2 aromatic heterocycles. The first-order valence-electron chi connectivity index (χ1n) is 6.25. The van der Waals surface area contributed by atoms with Gasteiger partial charge in [0.1, 0.15) is 5.82 Å². The van der Waals surface area contributed by atoms with Crippen LogP contribution < -0.4 is 10.1 Å². The van der Waals surface area contributed by atoms with Crippen LogP contribution in [-0.4, -0.2) is 22.8 Å². The van der Waals surface area contributed by atoms with Gasteiger partial charge in [-0.15, -0.1) is 0 Å². The highest BCUT2D eigenvalue weighted by Crippen LogP contribution is 2.20. The van der Waals surface area contributed by atoms with Crippen molar-refractivity contribution in [1.82, 2.24) is 9.97 Å². The molecule has 0 saturated carbocycles. The summed E-state index contributed by atoms with van der Waals surface area (Å²) in [5.74, 6) is 0.607. The molecular formula is C14H14F3N3O. The number of halogens is 3. The van der Waals surface area contributed by atoms with Crippen LogP contribution in [0.4, 0.5) is 19.0 Å². The fourth-order valence-corrected chi connectivity index (χ4v) is 1.67. The Morgan fingerprint density at radius 1 is 1.19 bits per heavy atom. The molecule has 0 unspecified atom stereocenters. The summed E-state index contributed by atoms with van der Waals surface area (Å²) in [4.78, 5) is 8.08. The molecule has 21 heavy (non-hydrogen) atoms. The second-order valence-corrected chi connectivity index (χ2v) is 4.39. The summed E-state index contributed by atoms with van der Waals surface area (Å²) in [5, 5.41) is 3.03. The van der Waals surface area contributed by atoms with Gasteiger partial charge in [0.25, 0.3) is 0 Å². The van der Waals surface area contributed by atoms with Crippen molar-refractivity contribution in [2.24, 2.45) is 0 Å². The molecule has 0 aliphatic rings. The predicted molar refractivity (Wildman–Crippen MR) is 72.1 cm³/mol. The van der Waals surface area contributed by atoms with Crippen LogP contribution >= 0.6 is 0 Å². The maximum absolute atomic E-state index is 12.2. The summed E-state index contributed by atoms with van der Waals surface area (Å²) in [6, 6.07) is 8.77. The molecule has 2 rings (SSSR count). The van der Waals surface area contributed by atoms with Gasteiger partial charge in [-0.05, 0) is 25.1 Å². The number of aryl methyl sites for hydroxylation is 1. The van der Waals surface area contributed by atoms with Crippen molar-refractivity contribution in [3.05, 3.63) is 47.8 Å². The molecule has 0 aromatic carbocycles. The number of hydrogen-bond acceptors (Lipinski definition) is 4. The zero-order valence-corrected chi connectivity index (χ0v) is 11.3. The zero-order valence-electron chi connectivity index (χ0n) is 11.3. The van der Waals surface area contributed by atoms with Gasteiger partial charge in [-0.3, -0.25) is 0 Å². The van der Waals surface area contributed by atoms with E-state index < -0.39 is 12.8 Å². The average molecular weight is 297 g/mol. The van der Waals surface area contributed by atoms with Crippen molar-refractivity contribution in [2.75, 3.05) is 11.9 Å². The maximum atomic E-state index is 12.2. The first kappa shape index (κ1) is 15.1. The van der Waals surface area contributed by atoms with Crippen LogP contribution in [0.15, 0.2) is 36.5 Å². The third-order valence-corrected chi connectivity index (χ3v) is 2.57. The van der Waals surface area contributed by atoms with E-state index in [1.54, 1.807) is 18.2 Å². The minimum absolute atomic E-state index is 0.0324. The molecule has 7 heteroatoms. The van der Waals surface area contributed by atoms with Crippen LogP contribution in [-0.2, 0) is 6.54 Å². The number of ether oxygens (including phenoxy) is 1. The van der Waals surface area contributed by atoms with E-state index in [9.17, 15) is 13.2 Å². The van der Waals surface area contributed by atoms with Gasteiger partial charge in [0.05, 0.1) is 0 Å². The van der Waals surface area contributed by atoms with Gasteiger partial charge >= 0.3 is 6.18 Å². The van der Waals surface area contributed by atoms with E-state index in [0.717, 1.165) is 5.69 Å². The topological polar surface area (TPSA) is 47.0 Å². The van der Waals surface area contributed by atoms with E-state index in [-0.39, 0.29) is 12.4 Å². The normalized spacial score (nSPS) is 11.2. The van der Waals surface area contributed by atoms with E-state index in [1.165, 1.54) is 6.20 Å². The molecule has 0 atom stereocenters. The van der Waals surface area contributed by atoms with Crippen molar-refractivity contribution in [1.29, 1.82) is 0 Å². The minimum Gasteiger partial charge on any atom is -0.468 e. The van der Waals surface area contributed by atoms with Gasteiger partial charge in [0, 0.05) is 24.0 Å². The van der Waals surface area contributed by atoms with Crippen LogP contribution in [0.5, 0.6) is 5.88 Å². The smallest absolute Gasteiger partial charge is 0.422 e. The maximum Gasteiger partial charge on any atom is 0.422 e. The summed E-state index contributed by atoms with van der Waals surface area (Å²) in [6.45, 7) is 0.768. The molecule has 2 heterocycles. The first-order chi connectivity index (χ1) is 9.94. The van der Waals surface area contributed by atoms with Crippen LogP contribution in [0, 0.1) is 6.92 Å². The molecule has 0 aliphatic heterocycles. The number of pyridine rings is 2. The number of aromatic nitrogens is 2. The third kappa shape index (κ3) is 4.94. The van der Waals surface area contributed by atoms with Gasteiger partial charge in [0.15, 0.2) is 6.61 Å². The first-order valence-corrected chi connectivity index (χ1v) is 6.25. The number of hydrogen-bond donors (Lipinski definition) is 1. The molecular weight excluding hydrogens is 283 g/mol. The highest BCUT2D eigenvalue weighted by Gasteiger charge is 2.29. The van der Waals surface area contributed by atoms with Crippen molar-refractivity contribution in [2.45, 2.75) is 19.6 Å². The number of anilines is 1. The van der Waals surface area contributed by atoms with E-state index in [4.69, 9.17) is 4.74 Å². The molecule has 1 N–H and O–H groups in total. The highest BCUT2D eigenvalue weighted by atomic mass is 19.4. The lowest BCUT2D eigenvalue weighted by atomic mass is 10.2. The zero-order chi connectivity index (χ0) is 15.3. The Morgan fingerprint density at radius 2 is 2.00 bits per heavy atom. The molecule has 4 nitrogen and oxygen atoms in total. The highest BCUT2D eigenvalue weighted by molar-refractivity contribution is 5.38. The quantitative estimate of drug-likeness (QED) is 0.919. The number of alkyl halides is 3. The molecule has 0 aliphatic carbocycles. The standard InChI is InChI=1S/C14H14F3N3O/c1-10-4-2-6-12(20-10)19-8-11-5-3-7-18-13(11)21-9-14(15,16)17/h2-7H,8-9H2,1H3,(H,19,20). The van der Waals surface area contributed by atoms with Gasteiger partial charge < -0.3 is 10.1 Å². The van der Waals surface area contributed by atoms with E-state index >= 15 is 0 Å². The van der Waals surface area contributed by atoms with E-state index in [2.05, 4.69) is 15.3 Å². The van der Waals surface area contributed by atoms with Crippen molar-refractivity contribution in [3.8, 4) is 5.88 Å². The number of rotatable bonds is 5. The molecule has 112 valence electrons. The second-order valence-electron chi connectivity index (χ2n) is 4.39. The van der Waals surface area contributed by atoms with Gasteiger partial charge in [-0.1, -0.05) is 12.1 Å². The number of nitrogens with zero attached hydrogens (tertiary/aromatic N) is 2. The number of nitrogens with one attached hydrogen (secondary N) is 1. The summed E-state index contributed by atoms with van der Waals surface area (Å²) >= 11 is 0. The van der Waals surface area contributed by atoms with E-state index in [0.29, 0.717) is 11.4 Å². The monoisotopic (exact) mass is 297 g/mol. The molecule has 0 saturated heterocycles. The second kappa shape index (κ2) is 6.43. The molecule has 0 bridgehead atoms. The SMILES string of the molecule is Cc1cccc(NCc2cccnc2OCC(F)(F)F)n1. The Bertz CT molecular complexity index is 602. The molecule has 0 amide bonds. The lowest BCUT2D eigenvalue weighted by Gasteiger charge is -2.12. The Kier molecular flexibility index (Phi) is 4.62. The summed E-state index contributed by atoms with van der Waals surface area (Å²) < 4.78 is 41.3. The Morgan fingerprint density at radius 3 is 2.71 bits per heavy atom. The third-order valence-electron chi connectivity index (χ3n) is 2.57. The molecule has 2 aromatic rings. The van der Waals surface area contributed by atoms with Gasteiger partial charge in [-0.25, -0.2) is 9.97 Å². The molecule has 0 radical (unpaired) electrons. The van der Waals surface area contributed by atoms with Crippen molar-refractivity contribution < 1.29 is 17.9 Å². The minimum atomic E-state index is -4.39. The summed E-state index contributed by atoms with van der Waals surface area (Å²) in [6.07, 6.45) is -3.00.